The maximum atomic E-state index is 11.5. The smallest absolute Gasteiger partial charge is 0.296 e. The second kappa shape index (κ2) is 5.40. The summed E-state index contributed by atoms with van der Waals surface area (Å²) in [6.07, 6.45) is -0.800. The summed E-state index contributed by atoms with van der Waals surface area (Å²) in [4.78, 5) is 23.5. The Morgan fingerprint density at radius 2 is 2.11 bits per heavy atom. The predicted molar refractivity (Wildman–Crippen MR) is 70.9 cm³/mol. The highest BCUT2D eigenvalue weighted by molar-refractivity contribution is 9.10. The lowest BCUT2D eigenvalue weighted by Crippen LogP contribution is -2.14. The van der Waals surface area contributed by atoms with E-state index in [2.05, 4.69) is 21.2 Å². The lowest BCUT2D eigenvalue weighted by Gasteiger charge is -2.09. The summed E-state index contributed by atoms with van der Waals surface area (Å²) in [6.45, 7) is -0.301. The molecule has 0 saturated carbocycles. The van der Waals surface area contributed by atoms with Crippen molar-refractivity contribution in [2.45, 2.75) is 11.0 Å². The Morgan fingerprint density at radius 1 is 1.39 bits per heavy atom. The van der Waals surface area contributed by atoms with Crippen LogP contribution in [0.15, 0.2) is 21.5 Å². The van der Waals surface area contributed by atoms with Gasteiger partial charge in [-0.15, -0.1) is 11.8 Å². The predicted octanol–water partition coefficient (Wildman–Crippen LogP) is 1.03. The number of Topliss-reactive ketones (excluding diaryl/α,β-unsaturated/α-hetero) is 1. The van der Waals surface area contributed by atoms with Crippen molar-refractivity contribution in [1.29, 1.82) is 0 Å². The molecule has 18 heavy (non-hydrogen) atoms. The number of rotatable bonds is 4. The number of carbonyl (C=O) groups excluding carboxylic acids is 2. The largest absolute Gasteiger partial charge is 0.394 e. The molecule has 7 heteroatoms. The van der Waals surface area contributed by atoms with Gasteiger partial charge in [-0.3, -0.25) is 9.59 Å². The first-order valence-corrected chi connectivity index (χ1v) is 6.91. The van der Waals surface area contributed by atoms with Crippen LogP contribution in [0.3, 0.4) is 0 Å². The van der Waals surface area contributed by atoms with Gasteiger partial charge in [0.1, 0.15) is 0 Å². The molecular formula is C11H10BrNO4S. The van der Waals surface area contributed by atoms with Crippen LogP contribution in [0.4, 0.5) is 5.69 Å². The normalized spacial score (nSPS) is 15.5. The van der Waals surface area contributed by atoms with Crippen LogP contribution in [0.5, 0.6) is 0 Å². The van der Waals surface area contributed by atoms with Crippen LogP contribution in [-0.4, -0.2) is 40.4 Å². The van der Waals surface area contributed by atoms with Gasteiger partial charge >= 0.3 is 0 Å². The van der Waals surface area contributed by atoms with Crippen LogP contribution in [0.1, 0.15) is 10.4 Å². The molecule has 0 radical (unpaired) electrons. The lowest BCUT2D eigenvalue weighted by molar-refractivity contribution is -0.112. The maximum Gasteiger partial charge on any atom is 0.296 e. The number of anilines is 1. The average Bonchev–Trinajstić information content (AvgIpc) is 2.62. The molecule has 2 rings (SSSR count). The summed E-state index contributed by atoms with van der Waals surface area (Å²) in [5.41, 5.74) is 0.827. The van der Waals surface area contributed by atoms with E-state index < -0.39 is 17.8 Å². The molecule has 1 aromatic carbocycles. The third-order valence-corrected chi connectivity index (χ3v) is 4.53. The zero-order chi connectivity index (χ0) is 13.3. The zero-order valence-corrected chi connectivity index (χ0v) is 11.5. The zero-order valence-electron chi connectivity index (χ0n) is 9.14. The molecule has 0 aliphatic carbocycles. The number of carbonyl (C=O) groups is 2. The SMILES string of the molecule is O=C1Nc2cc(SCC(O)CO)c(Br)cc2C1=O. The molecule has 1 atom stereocenters. The van der Waals surface area contributed by atoms with Gasteiger partial charge in [0.2, 0.25) is 0 Å². The van der Waals surface area contributed by atoms with Crippen molar-refractivity contribution in [3.63, 3.8) is 0 Å². The van der Waals surface area contributed by atoms with Crippen LogP contribution in [0.2, 0.25) is 0 Å². The van der Waals surface area contributed by atoms with E-state index in [1.54, 1.807) is 12.1 Å². The number of thioether (sulfide) groups is 1. The van der Waals surface area contributed by atoms with Crippen molar-refractivity contribution < 1.29 is 19.8 Å². The number of amides is 1. The van der Waals surface area contributed by atoms with Gasteiger partial charge in [0.05, 0.1) is 24.0 Å². The van der Waals surface area contributed by atoms with E-state index in [-0.39, 0.29) is 6.61 Å². The molecule has 3 N–H and O–H groups in total. The van der Waals surface area contributed by atoms with Gasteiger partial charge in [0.25, 0.3) is 11.7 Å². The average molecular weight is 332 g/mol. The van der Waals surface area contributed by atoms with Crippen molar-refractivity contribution in [3.8, 4) is 0 Å². The summed E-state index contributed by atoms with van der Waals surface area (Å²) in [5, 5.41) is 20.5. The van der Waals surface area contributed by atoms with Crippen LogP contribution in [-0.2, 0) is 4.79 Å². The first-order valence-electron chi connectivity index (χ1n) is 5.14. The summed E-state index contributed by atoms with van der Waals surface area (Å²) in [7, 11) is 0. The molecule has 96 valence electrons. The highest BCUT2D eigenvalue weighted by atomic mass is 79.9. The van der Waals surface area contributed by atoms with Crippen molar-refractivity contribution in [3.05, 3.63) is 22.2 Å². The topological polar surface area (TPSA) is 86.6 Å². The number of hydrogen-bond acceptors (Lipinski definition) is 5. The minimum absolute atomic E-state index is 0.301. The molecule has 5 nitrogen and oxygen atoms in total. The van der Waals surface area contributed by atoms with E-state index in [0.29, 0.717) is 21.5 Å². The Morgan fingerprint density at radius 3 is 2.78 bits per heavy atom. The van der Waals surface area contributed by atoms with Crippen LogP contribution < -0.4 is 5.32 Å². The first kappa shape index (κ1) is 13.5. The minimum Gasteiger partial charge on any atom is -0.394 e. The van der Waals surface area contributed by atoms with E-state index in [4.69, 9.17) is 5.11 Å². The summed E-state index contributed by atoms with van der Waals surface area (Å²) < 4.78 is 0.682. The fraction of sp³-hybridized carbons (Fsp3) is 0.273. The molecule has 1 aliphatic rings. The standard InChI is InChI=1S/C11H10BrNO4S/c12-7-1-6-8(13-11(17)10(6)16)2-9(7)18-4-5(15)3-14/h1-2,5,14-15H,3-4H2,(H,13,16,17). The molecule has 0 saturated heterocycles. The number of aliphatic hydroxyl groups is 2. The van der Waals surface area contributed by atoms with E-state index in [1.807, 2.05) is 0 Å². The van der Waals surface area contributed by atoms with Crippen LogP contribution >= 0.6 is 27.7 Å². The van der Waals surface area contributed by atoms with Crippen LogP contribution in [0, 0.1) is 0 Å². The van der Waals surface area contributed by atoms with Gasteiger partial charge in [-0.2, -0.15) is 0 Å². The molecule has 0 bridgehead atoms. The van der Waals surface area contributed by atoms with Gasteiger partial charge in [-0.1, -0.05) is 0 Å². The lowest BCUT2D eigenvalue weighted by atomic mass is 10.1. The Labute approximate surface area is 116 Å². The molecule has 1 aliphatic heterocycles. The number of halogens is 1. The van der Waals surface area contributed by atoms with Crippen LogP contribution in [0.25, 0.3) is 0 Å². The number of aliphatic hydroxyl groups excluding tert-OH is 2. The third kappa shape index (κ3) is 2.59. The van der Waals surface area contributed by atoms with Gasteiger partial charge in [0, 0.05) is 15.1 Å². The Balaban J connectivity index is 2.22. The summed E-state index contributed by atoms with van der Waals surface area (Å²) >= 11 is 4.64. The molecule has 0 fully saturated rings. The minimum atomic E-state index is -0.800. The number of benzene rings is 1. The number of hydrogen-bond donors (Lipinski definition) is 3. The van der Waals surface area contributed by atoms with Crippen molar-refractivity contribution in [2.24, 2.45) is 0 Å². The number of nitrogens with one attached hydrogen (secondary N) is 1. The molecule has 1 aromatic rings. The monoisotopic (exact) mass is 331 g/mol. The number of fused-ring (bicyclic) bond motifs is 1. The molecule has 1 unspecified atom stereocenters. The van der Waals surface area contributed by atoms with E-state index in [1.165, 1.54) is 11.8 Å². The van der Waals surface area contributed by atoms with Crippen molar-refractivity contribution >= 4 is 45.1 Å². The summed E-state index contributed by atoms with van der Waals surface area (Å²) in [5.74, 6) is -0.845. The molecule has 0 aromatic heterocycles. The first-order chi connectivity index (χ1) is 8.52. The molecule has 1 heterocycles. The Bertz CT molecular complexity index is 520. The van der Waals surface area contributed by atoms with E-state index >= 15 is 0 Å². The van der Waals surface area contributed by atoms with E-state index in [0.717, 1.165) is 4.90 Å². The second-order valence-electron chi connectivity index (χ2n) is 3.76. The fourth-order valence-corrected chi connectivity index (χ4v) is 3.06. The molecular weight excluding hydrogens is 322 g/mol. The highest BCUT2D eigenvalue weighted by Crippen LogP contribution is 2.35. The van der Waals surface area contributed by atoms with Gasteiger partial charge in [-0.05, 0) is 28.1 Å². The van der Waals surface area contributed by atoms with Gasteiger partial charge in [-0.25, -0.2) is 0 Å². The Kier molecular flexibility index (Phi) is 4.06. The van der Waals surface area contributed by atoms with E-state index in [9.17, 15) is 14.7 Å². The quantitative estimate of drug-likeness (QED) is 0.566. The number of ketones is 1. The highest BCUT2D eigenvalue weighted by Gasteiger charge is 2.29. The van der Waals surface area contributed by atoms with Crippen molar-refractivity contribution in [2.75, 3.05) is 17.7 Å². The van der Waals surface area contributed by atoms with Gasteiger partial charge in [0.15, 0.2) is 0 Å². The third-order valence-electron chi connectivity index (χ3n) is 2.41. The van der Waals surface area contributed by atoms with Gasteiger partial charge < -0.3 is 15.5 Å². The Hall–Kier alpha value is -0.890. The van der Waals surface area contributed by atoms with Crippen molar-refractivity contribution in [1.82, 2.24) is 0 Å². The molecule has 1 amide bonds. The fourth-order valence-electron chi connectivity index (χ4n) is 1.50. The maximum absolute atomic E-state index is 11.5. The second-order valence-corrected chi connectivity index (χ2v) is 5.68. The summed E-state index contributed by atoms with van der Waals surface area (Å²) in [6, 6.07) is 3.26. The molecule has 0 spiro atoms.